The first kappa shape index (κ1) is 18.0. The Morgan fingerprint density at radius 1 is 1.23 bits per heavy atom. The molecule has 2 aromatic rings. The molecule has 0 saturated carbocycles. The molecule has 2 N–H and O–H groups in total. The quantitative estimate of drug-likeness (QED) is 0.783. The molecule has 0 bridgehead atoms. The number of aryl methyl sites for hydroxylation is 1. The summed E-state index contributed by atoms with van der Waals surface area (Å²) in [5.74, 6) is -0.910. The van der Waals surface area contributed by atoms with Gasteiger partial charge in [0.1, 0.15) is 5.76 Å². The van der Waals surface area contributed by atoms with Crippen LogP contribution in [-0.2, 0) is 26.2 Å². The van der Waals surface area contributed by atoms with Crippen LogP contribution in [0.3, 0.4) is 0 Å². The van der Waals surface area contributed by atoms with Crippen LogP contribution in [0.25, 0.3) is 0 Å². The van der Waals surface area contributed by atoms with Crippen molar-refractivity contribution in [2.45, 2.75) is 19.9 Å². The van der Waals surface area contributed by atoms with E-state index < -0.39 is 21.8 Å². The van der Waals surface area contributed by atoms with Gasteiger partial charge in [-0.2, -0.15) is 0 Å². The van der Waals surface area contributed by atoms with E-state index in [-0.39, 0.29) is 12.3 Å². The third-order valence-electron chi connectivity index (χ3n) is 4.05. The van der Waals surface area contributed by atoms with Crippen molar-refractivity contribution in [1.29, 1.82) is 0 Å². The number of carbonyl (C=O) groups is 2. The Morgan fingerprint density at radius 3 is 2.65 bits per heavy atom. The number of rotatable bonds is 4. The van der Waals surface area contributed by atoms with Crippen LogP contribution in [0.5, 0.6) is 0 Å². The van der Waals surface area contributed by atoms with Gasteiger partial charge in [0.15, 0.2) is 0 Å². The maximum Gasteiger partial charge on any atom is 0.313 e. The van der Waals surface area contributed by atoms with E-state index in [2.05, 4.69) is 10.6 Å². The van der Waals surface area contributed by atoms with Gasteiger partial charge >= 0.3 is 11.8 Å². The average Bonchev–Trinajstić information content (AvgIpc) is 3.23. The zero-order valence-corrected chi connectivity index (χ0v) is 15.0. The Kier molecular flexibility index (Phi) is 4.99. The van der Waals surface area contributed by atoms with E-state index in [1.807, 2.05) is 0 Å². The highest BCUT2D eigenvalue weighted by molar-refractivity contribution is 7.93. The zero-order valence-electron chi connectivity index (χ0n) is 14.2. The molecule has 1 aromatic carbocycles. The zero-order chi connectivity index (χ0) is 18.7. The number of anilines is 2. The third kappa shape index (κ3) is 3.88. The number of hydrogen-bond donors (Lipinski definition) is 2. The fraction of sp³-hybridized carbons (Fsp3) is 0.294. The van der Waals surface area contributed by atoms with E-state index >= 15 is 0 Å². The van der Waals surface area contributed by atoms with Gasteiger partial charge in [-0.1, -0.05) is 0 Å². The van der Waals surface area contributed by atoms with Crippen LogP contribution in [0.2, 0.25) is 0 Å². The highest BCUT2D eigenvalue weighted by Gasteiger charge is 2.28. The molecule has 1 aliphatic rings. The molecule has 0 spiro atoms. The average molecular weight is 377 g/mol. The second-order valence-electron chi connectivity index (χ2n) is 5.96. The highest BCUT2D eigenvalue weighted by atomic mass is 32.2. The van der Waals surface area contributed by atoms with Crippen molar-refractivity contribution < 1.29 is 22.4 Å². The number of amides is 2. The lowest BCUT2D eigenvalue weighted by Gasteiger charge is -2.18. The van der Waals surface area contributed by atoms with Gasteiger partial charge < -0.3 is 15.1 Å². The van der Waals surface area contributed by atoms with Gasteiger partial charge in [0.05, 0.1) is 24.2 Å². The van der Waals surface area contributed by atoms with Crippen LogP contribution in [0.4, 0.5) is 11.4 Å². The smallest absolute Gasteiger partial charge is 0.313 e. The molecule has 2 amide bonds. The van der Waals surface area contributed by atoms with Crippen LogP contribution < -0.4 is 14.9 Å². The Labute approximate surface area is 151 Å². The monoisotopic (exact) mass is 377 g/mol. The van der Waals surface area contributed by atoms with Crippen LogP contribution in [-0.4, -0.2) is 32.5 Å². The molecule has 0 radical (unpaired) electrons. The van der Waals surface area contributed by atoms with E-state index in [1.54, 1.807) is 37.3 Å². The summed E-state index contributed by atoms with van der Waals surface area (Å²) in [7, 11) is -3.26. The van der Waals surface area contributed by atoms with Crippen LogP contribution in [0.15, 0.2) is 41.0 Å². The normalized spacial score (nSPS) is 15.7. The van der Waals surface area contributed by atoms with E-state index in [0.29, 0.717) is 35.7 Å². The Hall–Kier alpha value is -2.81. The van der Waals surface area contributed by atoms with Crippen molar-refractivity contribution in [1.82, 2.24) is 5.32 Å². The predicted octanol–water partition coefficient (Wildman–Crippen LogP) is 1.38. The van der Waals surface area contributed by atoms with Crippen LogP contribution >= 0.6 is 0 Å². The number of nitrogens with zero attached hydrogens (tertiary/aromatic N) is 1. The number of sulfonamides is 1. The topological polar surface area (TPSA) is 109 Å². The van der Waals surface area contributed by atoms with Crippen molar-refractivity contribution >= 4 is 33.2 Å². The molecule has 9 heteroatoms. The second kappa shape index (κ2) is 7.20. The SMILES string of the molecule is Cc1cc(N2CCCS2(=O)=O)ccc1NC(=O)C(=O)NCc1ccco1. The minimum atomic E-state index is -3.26. The molecular weight excluding hydrogens is 358 g/mol. The predicted molar refractivity (Wildman–Crippen MR) is 96.1 cm³/mol. The molecule has 0 aliphatic carbocycles. The van der Waals surface area contributed by atoms with Crippen molar-refractivity contribution in [2.75, 3.05) is 21.9 Å². The minimum absolute atomic E-state index is 0.115. The maximum absolute atomic E-state index is 12.0. The molecule has 2 heterocycles. The lowest BCUT2D eigenvalue weighted by molar-refractivity contribution is -0.136. The molecule has 0 unspecified atom stereocenters. The summed E-state index contributed by atoms with van der Waals surface area (Å²) in [6, 6.07) is 8.27. The summed E-state index contributed by atoms with van der Waals surface area (Å²) >= 11 is 0. The molecule has 3 rings (SSSR count). The number of carbonyl (C=O) groups excluding carboxylic acids is 2. The molecule has 0 atom stereocenters. The summed E-state index contributed by atoms with van der Waals surface area (Å²) in [4.78, 5) is 23.9. The van der Waals surface area contributed by atoms with E-state index in [1.165, 1.54) is 10.6 Å². The first-order chi connectivity index (χ1) is 12.4. The molecule has 1 fully saturated rings. The summed E-state index contributed by atoms with van der Waals surface area (Å²) in [6.07, 6.45) is 2.07. The Morgan fingerprint density at radius 2 is 2.04 bits per heavy atom. The summed E-state index contributed by atoms with van der Waals surface area (Å²) in [5, 5.41) is 4.99. The lowest BCUT2D eigenvalue weighted by Crippen LogP contribution is -2.35. The van der Waals surface area contributed by atoms with E-state index in [4.69, 9.17) is 4.42 Å². The van der Waals surface area contributed by atoms with Gasteiger partial charge in [0.2, 0.25) is 10.0 Å². The van der Waals surface area contributed by atoms with Crippen molar-refractivity contribution in [3.63, 3.8) is 0 Å². The summed E-state index contributed by atoms with van der Waals surface area (Å²) in [6.45, 7) is 2.30. The first-order valence-electron chi connectivity index (χ1n) is 8.09. The summed E-state index contributed by atoms with van der Waals surface area (Å²) in [5.41, 5.74) is 1.67. The maximum atomic E-state index is 12.0. The largest absolute Gasteiger partial charge is 0.467 e. The van der Waals surface area contributed by atoms with Gasteiger partial charge in [0, 0.05) is 12.2 Å². The van der Waals surface area contributed by atoms with E-state index in [0.717, 1.165) is 0 Å². The molecule has 1 aromatic heterocycles. The fourth-order valence-corrected chi connectivity index (χ4v) is 4.27. The lowest BCUT2D eigenvalue weighted by atomic mass is 10.1. The molecule has 8 nitrogen and oxygen atoms in total. The van der Waals surface area contributed by atoms with Gasteiger partial charge in [-0.3, -0.25) is 13.9 Å². The number of benzene rings is 1. The third-order valence-corrected chi connectivity index (χ3v) is 5.92. The van der Waals surface area contributed by atoms with Gasteiger partial charge in [-0.15, -0.1) is 0 Å². The number of furan rings is 1. The van der Waals surface area contributed by atoms with Crippen molar-refractivity contribution in [3.05, 3.63) is 47.9 Å². The molecule has 1 aliphatic heterocycles. The van der Waals surface area contributed by atoms with Crippen molar-refractivity contribution in [3.8, 4) is 0 Å². The fourth-order valence-electron chi connectivity index (χ4n) is 2.71. The molecule has 26 heavy (non-hydrogen) atoms. The first-order valence-corrected chi connectivity index (χ1v) is 9.70. The Bertz CT molecular complexity index is 922. The van der Waals surface area contributed by atoms with Crippen LogP contribution in [0, 0.1) is 6.92 Å². The molecule has 138 valence electrons. The van der Waals surface area contributed by atoms with Gasteiger partial charge in [-0.05, 0) is 49.2 Å². The van der Waals surface area contributed by atoms with Gasteiger partial charge in [0.25, 0.3) is 0 Å². The van der Waals surface area contributed by atoms with Gasteiger partial charge in [-0.25, -0.2) is 8.42 Å². The number of nitrogens with one attached hydrogen (secondary N) is 2. The molecular formula is C17H19N3O5S. The van der Waals surface area contributed by atoms with E-state index in [9.17, 15) is 18.0 Å². The molecule has 1 saturated heterocycles. The van der Waals surface area contributed by atoms with Crippen molar-refractivity contribution in [2.24, 2.45) is 0 Å². The number of hydrogen-bond acceptors (Lipinski definition) is 5. The second-order valence-corrected chi connectivity index (χ2v) is 7.97. The Balaban J connectivity index is 1.64. The highest BCUT2D eigenvalue weighted by Crippen LogP contribution is 2.27. The minimum Gasteiger partial charge on any atom is -0.467 e. The van der Waals surface area contributed by atoms with Crippen LogP contribution in [0.1, 0.15) is 17.7 Å². The standard InChI is InChI=1S/C17H19N3O5S/c1-12-10-13(20-7-3-9-26(20,23)24)5-6-15(12)19-17(22)16(21)18-11-14-4-2-8-25-14/h2,4-6,8,10H,3,7,9,11H2,1H3,(H,18,21)(H,19,22). The summed E-state index contributed by atoms with van der Waals surface area (Å²) < 4.78 is 30.4.